The maximum Gasteiger partial charge on any atom is 0.176 e. The molecule has 0 aliphatic heterocycles. The van der Waals surface area contributed by atoms with Crippen molar-refractivity contribution in [1.82, 2.24) is 19.1 Å². The van der Waals surface area contributed by atoms with Gasteiger partial charge in [-0.05, 0) is 18.4 Å². The first-order chi connectivity index (χ1) is 8.77. The predicted octanol–water partition coefficient (Wildman–Crippen LogP) is 1.57. The molecule has 1 N–H and O–H groups in total. The summed E-state index contributed by atoms with van der Waals surface area (Å²) in [5, 5.41) is 9.53. The van der Waals surface area contributed by atoms with Crippen LogP contribution in [-0.4, -0.2) is 42.8 Å². The predicted molar refractivity (Wildman–Crippen MR) is 73.6 cm³/mol. The van der Waals surface area contributed by atoms with Crippen LogP contribution >= 0.6 is 11.8 Å². The maximum absolute atomic E-state index is 9.53. The van der Waals surface area contributed by atoms with E-state index in [1.165, 1.54) is 0 Å². The second kappa shape index (κ2) is 6.06. The van der Waals surface area contributed by atoms with Gasteiger partial charge in [-0.3, -0.25) is 0 Å². The summed E-state index contributed by atoms with van der Waals surface area (Å²) >= 11 is 1.78. The number of nitrogens with zero attached hydrogens (tertiary/aromatic N) is 4. The van der Waals surface area contributed by atoms with Gasteiger partial charge in [0, 0.05) is 31.8 Å². The number of imidazole rings is 2. The van der Waals surface area contributed by atoms with Crippen LogP contribution in [0, 0.1) is 0 Å². The third-order valence-corrected chi connectivity index (χ3v) is 3.59. The molecule has 2 aromatic rings. The van der Waals surface area contributed by atoms with E-state index in [9.17, 15) is 5.11 Å². The highest BCUT2D eigenvalue weighted by Gasteiger charge is 2.17. The number of thioether (sulfide) groups is 1. The van der Waals surface area contributed by atoms with Crippen LogP contribution in [0.5, 0.6) is 0 Å². The Bertz CT molecular complexity index is 494. The molecule has 0 aliphatic rings. The van der Waals surface area contributed by atoms with E-state index in [4.69, 9.17) is 0 Å². The fraction of sp³-hybridized carbons (Fsp3) is 0.500. The van der Waals surface area contributed by atoms with Gasteiger partial charge in [0.2, 0.25) is 0 Å². The average Bonchev–Trinajstić information content (AvgIpc) is 2.99. The molecule has 0 aliphatic carbocycles. The van der Waals surface area contributed by atoms with Gasteiger partial charge in [0.05, 0.1) is 12.6 Å². The fourth-order valence-corrected chi connectivity index (χ4v) is 2.44. The summed E-state index contributed by atoms with van der Waals surface area (Å²) in [4.78, 5) is 8.67. The quantitative estimate of drug-likeness (QED) is 0.862. The minimum absolute atomic E-state index is 0.0617. The molecule has 98 valence electrons. The molecule has 0 saturated carbocycles. The van der Waals surface area contributed by atoms with Crippen LogP contribution in [0.2, 0.25) is 0 Å². The van der Waals surface area contributed by atoms with E-state index < -0.39 is 0 Å². The van der Waals surface area contributed by atoms with Crippen LogP contribution in [0.1, 0.15) is 12.5 Å². The van der Waals surface area contributed by atoms with Crippen LogP contribution in [0.15, 0.2) is 24.8 Å². The van der Waals surface area contributed by atoms with Gasteiger partial charge in [0.15, 0.2) is 11.6 Å². The minimum atomic E-state index is 0.0617. The van der Waals surface area contributed by atoms with Crippen molar-refractivity contribution in [2.75, 3.05) is 18.6 Å². The Morgan fingerprint density at radius 2 is 2.00 bits per heavy atom. The van der Waals surface area contributed by atoms with Crippen molar-refractivity contribution < 1.29 is 5.11 Å². The first-order valence-electron chi connectivity index (χ1n) is 5.88. The number of aliphatic hydroxyl groups excluding tert-OH is 1. The molecule has 2 aromatic heterocycles. The highest BCUT2D eigenvalue weighted by molar-refractivity contribution is 7.98. The Kier molecular flexibility index (Phi) is 4.43. The topological polar surface area (TPSA) is 55.9 Å². The Morgan fingerprint density at radius 3 is 2.61 bits per heavy atom. The highest BCUT2D eigenvalue weighted by atomic mass is 32.2. The molecule has 0 spiro atoms. The smallest absolute Gasteiger partial charge is 0.176 e. The van der Waals surface area contributed by atoms with Crippen LogP contribution in [0.3, 0.4) is 0 Å². The van der Waals surface area contributed by atoms with Crippen LogP contribution < -0.4 is 0 Å². The van der Waals surface area contributed by atoms with Gasteiger partial charge in [-0.2, -0.15) is 11.8 Å². The van der Waals surface area contributed by atoms with Gasteiger partial charge < -0.3 is 14.2 Å². The SMILES string of the molecule is CSCC[C@@H](CO)n1ccnc1-c1nccn1C. The molecule has 0 aromatic carbocycles. The van der Waals surface area contributed by atoms with Crippen molar-refractivity contribution in [1.29, 1.82) is 0 Å². The third-order valence-electron chi connectivity index (χ3n) is 2.95. The summed E-state index contributed by atoms with van der Waals surface area (Å²) in [6.07, 6.45) is 10.3. The first kappa shape index (κ1) is 13.2. The lowest BCUT2D eigenvalue weighted by atomic mass is 10.2. The Hall–Kier alpha value is -1.27. The van der Waals surface area contributed by atoms with E-state index in [1.807, 2.05) is 28.6 Å². The van der Waals surface area contributed by atoms with Gasteiger partial charge in [0.1, 0.15) is 0 Å². The third kappa shape index (κ3) is 2.59. The molecular weight excluding hydrogens is 248 g/mol. The molecule has 0 radical (unpaired) electrons. The van der Waals surface area contributed by atoms with Gasteiger partial charge in [0.25, 0.3) is 0 Å². The van der Waals surface area contributed by atoms with E-state index in [1.54, 1.807) is 24.2 Å². The van der Waals surface area contributed by atoms with E-state index in [2.05, 4.69) is 16.2 Å². The molecule has 2 heterocycles. The lowest BCUT2D eigenvalue weighted by Crippen LogP contribution is -2.15. The fourth-order valence-electron chi connectivity index (χ4n) is 1.93. The minimum Gasteiger partial charge on any atom is -0.394 e. The molecule has 0 bridgehead atoms. The zero-order chi connectivity index (χ0) is 13.0. The summed E-state index contributed by atoms with van der Waals surface area (Å²) in [6, 6.07) is 0.0617. The summed E-state index contributed by atoms with van der Waals surface area (Å²) < 4.78 is 3.94. The van der Waals surface area contributed by atoms with E-state index in [-0.39, 0.29) is 12.6 Å². The zero-order valence-electron chi connectivity index (χ0n) is 10.7. The molecule has 1 atom stereocenters. The zero-order valence-corrected chi connectivity index (χ0v) is 11.5. The van der Waals surface area contributed by atoms with E-state index in [0.29, 0.717) is 0 Å². The molecular formula is C12H18N4OS. The molecule has 6 heteroatoms. The van der Waals surface area contributed by atoms with Crippen molar-refractivity contribution >= 4 is 11.8 Å². The molecule has 0 saturated heterocycles. The van der Waals surface area contributed by atoms with Gasteiger partial charge in [-0.1, -0.05) is 0 Å². The standard InChI is InChI=1S/C12H18N4OS/c1-15-6-4-13-11(15)12-14-5-7-16(12)10(9-17)3-8-18-2/h4-7,10,17H,3,8-9H2,1-2H3/t10-/m0/s1. The van der Waals surface area contributed by atoms with Crippen molar-refractivity contribution in [3.63, 3.8) is 0 Å². The van der Waals surface area contributed by atoms with Crippen molar-refractivity contribution in [3.8, 4) is 11.6 Å². The van der Waals surface area contributed by atoms with Crippen LogP contribution in [0.4, 0.5) is 0 Å². The van der Waals surface area contributed by atoms with Crippen molar-refractivity contribution in [2.24, 2.45) is 7.05 Å². The summed E-state index contributed by atoms with van der Waals surface area (Å²) in [6.45, 7) is 0.119. The lowest BCUT2D eigenvalue weighted by Gasteiger charge is -2.18. The number of aryl methyl sites for hydroxylation is 1. The second-order valence-electron chi connectivity index (χ2n) is 4.14. The first-order valence-corrected chi connectivity index (χ1v) is 7.27. The van der Waals surface area contributed by atoms with E-state index >= 15 is 0 Å². The number of aromatic nitrogens is 4. The van der Waals surface area contributed by atoms with Gasteiger partial charge in [-0.15, -0.1) is 0 Å². The number of hydrogen-bond acceptors (Lipinski definition) is 4. The lowest BCUT2D eigenvalue weighted by molar-refractivity contribution is 0.226. The number of rotatable bonds is 6. The van der Waals surface area contributed by atoms with Crippen LogP contribution in [0.25, 0.3) is 11.6 Å². The van der Waals surface area contributed by atoms with Crippen molar-refractivity contribution in [3.05, 3.63) is 24.8 Å². The summed E-state index contributed by atoms with van der Waals surface area (Å²) in [5.74, 6) is 2.65. The molecule has 0 amide bonds. The Balaban J connectivity index is 2.29. The maximum atomic E-state index is 9.53. The van der Waals surface area contributed by atoms with Gasteiger partial charge in [-0.25, -0.2) is 9.97 Å². The molecule has 18 heavy (non-hydrogen) atoms. The van der Waals surface area contributed by atoms with Gasteiger partial charge >= 0.3 is 0 Å². The second-order valence-corrected chi connectivity index (χ2v) is 5.12. The monoisotopic (exact) mass is 266 g/mol. The largest absolute Gasteiger partial charge is 0.394 e. The number of hydrogen-bond donors (Lipinski definition) is 1. The van der Waals surface area contributed by atoms with Crippen molar-refractivity contribution in [2.45, 2.75) is 12.5 Å². The molecule has 2 rings (SSSR count). The Labute approximate surface area is 111 Å². The molecule has 0 fully saturated rings. The average molecular weight is 266 g/mol. The highest BCUT2D eigenvalue weighted by Crippen LogP contribution is 2.22. The molecule has 5 nitrogen and oxygen atoms in total. The summed E-state index contributed by atoms with van der Waals surface area (Å²) in [5.41, 5.74) is 0. The van der Waals surface area contributed by atoms with Crippen LogP contribution in [-0.2, 0) is 7.05 Å². The molecule has 0 unspecified atom stereocenters. The summed E-state index contributed by atoms with van der Waals surface area (Å²) in [7, 11) is 1.94. The normalized spacial score (nSPS) is 12.8. The Morgan fingerprint density at radius 1 is 1.28 bits per heavy atom. The number of aliphatic hydroxyl groups is 1. The van der Waals surface area contributed by atoms with E-state index in [0.717, 1.165) is 23.8 Å².